The Kier molecular flexibility index (Phi) is 4.40. The third-order valence-electron chi connectivity index (χ3n) is 1.52. The maximum Gasteiger partial charge on any atom is 0.408 e. The molecule has 0 rings (SSSR count). The summed E-state index contributed by atoms with van der Waals surface area (Å²) < 4.78 is 4.91. The third-order valence-corrected chi connectivity index (χ3v) is 2.05. The van der Waals surface area contributed by atoms with Crippen molar-refractivity contribution in [2.24, 2.45) is 0 Å². The Morgan fingerprint density at radius 3 is 2.07 bits per heavy atom. The molecule has 1 atom stereocenters. The molecule has 0 unspecified atom stereocenters. The van der Waals surface area contributed by atoms with Crippen molar-refractivity contribution in [1.29, 1.82) is 0 Å². The van der Waals surface area contributed by atoms with E-state index in [1.165, 1.54) is 6.92 Å². The van der Waals surface area contributed by atoms with Crippen LogP contribution in [0.4, 0.5) is 4.79 Å². The van der Waals surface area contributed by atoms with Crippen LogP contribution in [0.25, 0.3) is 0 Å². The Morgan fingerprint density at radius 1 is 1.33 bits per heavy atom. The first kappa shape index (κ1) is 14.0. The lowest BCUT2D eigenvalue weighted by Crippen LogP contribution is -2.54. The lowest BCUT2D eigenvalue weighted by atomic mass is 10.1. The van der Waals surface area contributed by atoms with Crippen molar-refractivity contribution in [1.82, 2.24) is 5.32 Å². The average molecular weight is 238 g/mol. The van der Waals surface area contributed by atoms with Crippen LogP contribution >= 0.6 is 11.6 Å². The highest BCUT2D eigenvalue weighted by molar-refractivity contribution is 6.20. The summed E-state index contributed by atoms with van der Waals surface area (Å²) in [7, 11) is 0. The number of alkyl halides is 1. The smallest absolute Gasteiger partial charge is 0.408 e. The van der Waals surface area contributed by atoms with Crippen LogP contribution in [-0.2, 0) is 9.53 Å². The number of nitrogens with one attached hydrogen (secondary N) is 1. The van der Waals surface area contributed by atoms with Crippen molar-refractivity contribution >= 4 is 23.7 Å². The minimum absolute atomic E-state index is 0.235. The van der Waals surface area contributed by atoms with Gasteiger partial charge in [0.15, 0.2) is 5.54 Å². The van der Waals surface area contributed by atoms with Crippen LogP contribution in [-0.4, -0.2) is 34.2 Å². The van der Waals surface area contributed by atoms with Gasteiger partial charge in [-0.05, 0) is 27.7 Å². The van der Waals surface area contributed by atoms with Crippen molar-refractivity contribution in [3.05, 3.63) is 0 Å². The molecule has 0 aliphatic rings. The molecule has 0 fully saturated rings. The standard InChI is InChI=1S/C9H16ClNO4/c1-8(2,3)15-7(14)11-9(4,5-10)6(12)13/h5H2,1-4H3,(H,11,14)(H,12,13)/t9-/m1/s1. The summed E-state index contributed by atoms with van der Waals surface area (Å²) in [5, 5.41) is 11.0. The molecule has 0 radical (unpaired) electrons. The van der Waals surface area contributed by atoms with Gasteiger partial charge in [0.05, 0.1) is 5.88 Å². The molecular formula is C9H16ClNO4. The highest BCUT2D eigenvalue weighted by Gasteiger charge is 2.35. The third kappa shape index (κ3) is 4.88. The lowest BCUT2D eigenvalue weighted by molar-refractivity contribution is -0.143. The molecule has 0 heterocycles. The fraction of sp³-hybridized carbons (Fsp3) is 0.778. The fourth-order valence-electron chi connectivity index (χ4n) is 0.673. The van der Waals surface area contributed by atoms with Crippen LogP contribution in [0.15, 0.2) is 0 Å². The Hall–Kier alpha value is -0.970. The topological polar surface area (TPSA) is 75.6 Å². The molecule has 0 bridgehead atoms. The number of aliphatic carboxylic acids is 1. The number of carboxylic acids is 1. The lowest BCUT2D eigenvalue weighted by Gasteiger charge is -2.26. The van der Waals surface area contributed by atoms with E-state index in [0.717, 1.165) is 0 Å². The van der Waals surface area contributed by atoms with E-state index in [9.17, 15) is 9.59 Å². The van der Waals surface area contributed by atoms with Crippen molar-refractivity contribution in [3.63, 3.8) is 0 Å². The molecule has 0 aromatic heterocycles. The summed E-state index contributed by atoms with van der Waals surface area (Å²) in [5.74, 6) is -1.44. The number of carbonyl (C=O) groups is 2. The van der Waals surface area contributed by atoms with Gasteiger partial charge in [-0.2, -0.15) is 0 Å². The predicted molar refractivity (Wildman–Crippen MR) is 56.1 cm³/mol. The molecule has 0 saturated carbocycles. The number of carbonyl (C=O) groups excluding carboxylic acids is 1. The average Bonchev–Trinajstić information content (AvgIpc) is 1.99. The number of hydrogen-bond donors (Lipinski definition) is 2. The molecule has 6 heteroatoms. The molecule has 0 saturated heterocycles. The maximum atomic E-state index is 11.3. The van der Waals surface area contributed by atoms with Crippen LogP contribution < -0.4 is 5.32 Å². The Labute approximate surface area is 93.7 Å². The largest absolute Gasteiger partial charge is 0.479 e. The Bertz CT molecular complexity index is 261. The molecule has 88 valence electrons. The van der Waals surface area contributed by atoms with Gasteiger partial charge < -0.3 is 15.2 Å². The van der Waals surface area contributed by atoms with Gasteiger partial charge in [-0.15, -0.1) is 11.6 Å². The molecule has 1 amide bonds. The second-order valence-electron chi connectivity index (χ2n) is 4.40. The van der Waals surface area contributed by atoms with E-state index in [1.54, 1.807) is 20.8 Å². The Balaban J connectivity index is 4.45. The van der Waals surface area contributed by atoms with E-state index in [4.69, 9.17) is 21.4 Å². The number of carboxylic acid groups (broad SMARTS) is 1. The maximum absolute atomic E-state index is 11.3. The summed E-state index contributed by atoms with van der Waals surface area (Å²) >= 11 is 5.47. The van der Waals surface area contributed by atoms with Crippen molar-refractivity contribution < 1.29 is 19.4 Å². The van der Waals surface area contributed by atoms with Crippen molar-refractivity contribution in [2.75, 3.05) is 5.88 Å². The summed E-state index contributed by atoms with van der Waals surface area (Å²) in [6.07, 6.45) is -0.798. The highest BCUT2D eigenvalue weighted by atomic mass is 35.5. The molecule has 0 aliphatic carbocycles. The molecule has 0 aliphatic heterocycles. The van der Waals surface area contributed by atoms with Crippen molar-refractivity contribution in [3.8, 4) is 0 Å². The van der Waals surface area contributed by atoms with Gasteiger partial charge in [-0.25, -0.2) is 9.59 Å². The van der Waals surface area contributed by atoms with Gasteiger partial charge in [-0.3, -0.25) is 0 Å². The first-order valence-corrected chi connectivity index (χ1v) is 4.95. The predicted octanol–water partition coefficient (Wildman–Crippen LogP) is 1.59. The van der Waals surface area contributed by atoms with E-state index < -0.39 is 23.2 Å². The summed E-state index contributed by atoms with van der Waals surface area (Å²) in [6.45, 7) is 6.37. The zero-order valence-electron chi connectivity index (χ0n) is 9.26. The monoisotopic (exact) mass is 237 g/mol. The number of rotatable bonds is 3. The molecule has 0 spiro atoms. The van der Waals surface area contributed by atoms with E-state index in [1.807, 2.05) is 0 Å². The minimum Gasteiger partial charge on any atom is -0.479 e. The van der Waals surface area contributed by atoms with Crippen LogP contribution in [0.3, 0.4) is 0 Å². The zero-order chi connectivity index (χ0) is 12.3. The van der Waals surface area contributed by atoms with Crippen LogP contribution in [0.2, 0.25) is 0 Å². The second-order valence-corrected chi connectivity index (χ2v) is 4.67. The van der Waals surface area contributed by atoms with Gasteiger partial charge in [0, 0.05) is 0 Å². The quantitative estimate of drug-likeness (QED) is 0.731. The van der Waals surface area contributed by atoms with E-state index in [2.05, 4.69) is 5.32 Å². The second kappa shape index (κ2) is 4.70. The molecule has 5 nitrogen and oxygen atoms in total. The first-order chi connectivity index (χ1) is 6.60. The summed E-state index contributed by atoms with van der Waals surface area (Å²) in [4.78, 5) is 22.1. The first-order valence-electron chi connectivity index (χ1n) is 4.41. The zero-order valence-corrected chi connectivity index (χ0v) is 10.0. The summed E-state index contributed by atoms with van der Waals surface area (Å²) in [5.41, 5.74) is -2.18. The number of amides is 1. The van der Waals surface area contributed by atoms with E-state index >= 15 is 0 Å². The normalized spacial score (nSPS) is 15.3. The van der Waals surface area contributed by atoms with Crippen LogP contribution in [0, 0.1) is 0 Å². The van der Waals surface area contributed by atoms with Gasteiger partial charge in [0.1, 0.15) is 5.60 Å². The number of ether oxygens (including phenoxy) is 1. The van der Waals surface area contributed by atoms with Gasteiger partial charge in [0.2, 0.25) is 0 Å². The SMILES string of the molecule is CC(C)(C)OC(=O)N[C@](C)(CCl)C(=O)O. The number of halogens is 1. The number of alkyl carbamates (subject to hydrolysis) is 1. The summed E-state index contributed by atoms with van der Waals surface area (Å²) in [6, 6.07) is 0. The Morgan fingerprint density at radius 2 is 1.80 bits per heavy atom. The van der Waals surface area contributed by atoms with Crippen molar-refractivity contribution in [2.45, 2.75) is 38.8 Å². The molecule has 15 heavy (non-hydrogen) atoms. The van der Waals surface area contributed by atoms with Crippen LogP contribution in [0.5, 0.6) is 0 Å². The van der Waals surface area contributed by atoms with Gasteiger partial charge in [0.25, 0.3) is 0 Å². The highest BCUT2D eigenvalue weighted by Crippen LogP contribution is 2.11. The van der Waals surface area contributed by atoms with Crippen LogP contribution in [0.1, 0.15) is 27.7 Å². The number of hydrogen-bond acceptors (Lipinski definition) is 3. The van der Waals surface area contributed by atoms with E-state index in [0.29, 0.717) is 0 Å². The molecule has 0 aromatic carbocycles. The molecule has 0 aromatic rings. The molecular weight excluding hydrogens is 222 g/mol. The molecule has 2 N–H and O–H groups in total. The fourth-order valence-corrected chi connectivity index (χ4v) is 0.854. The minimum atomic E-state index is -1.51. The van der Waals surface area contributed by atoms with Gasteiger partial charge in [-0.1, -0.05) is 0 Å². The van der Waals surface area contributed by atoms with Gasteiger partial charge >= 0.3 is 12.1 Å². The van der Waals surface area contributed by atoms with E-state index in [-0.39, 0.29) is 5.88 Å².